The van der Waals surface area contributed by atoms with E-state index in [-0.39, 0.29) is 29.8 Å². The number of urea groups is 1. The molecule has 4 rings (SSSR count). The molecule has 0 spiro atoms. The van der Waals surface area contributed by atoms with Crippen molar-refractivity contribution in [1.29, 1.82) is 0 Å². The lowest BCUT2D eigenvalue weighted by atomic mass is 9.91. The molecule has 7 nitrogen and oxygen atoms in total. The molecule has 2 amide bonds. The molecule has 2 fully saturated rings. The normalized spacial score (nSPS) is 27.9. The first-order valence-electron chi connectivity index (χ1n) is 9.96. The summed E-state index contributed by atoms with van der Waals surface area (Å²) in [5, 5.41) is 10.6. The first-order valence-corrected chi connectivity index (χ1v) is 9.96. The highest BCUT2D eigenvalue weighted by atomic mass is 16.5. The predicted octanol–water partition coefficient (Wildman–Crippen LogP) is 1.69. The lowest BCUT2D eigenvalue weighted by molar-refractivity contribution is 0.111. The highest BCUT2D eigenvalue weighted by molar-refractivity contribution is 5.74. The van der Waals surface area contributed by atoms with Gasteiger partial charge in [-0.2, -0.15) is 5.10 Å². The van der Waals surface area contributed by atoms with E-state index in [1.165, 1.54) is 0 Å². The van der Waals surface area contributed by atoms with Crippen LogP contribution in [-0.2, 0) is 17.6 Å². The first kappa shape index (κ1) is 17.5. The molecule has 1 saturated carbocycles. The third-order valence-corrected chi connectivity index (χ3v) is 5.87. The Kier molecular flexibility index (Phi) is 5.24. The number of fused-ring (bicyclic) bond motifs is 1. The number of hydrogen-bond donors (Lipinski definition) is 2. The van der Waals surface area contributed by atoms with Crippen molar-refractivity contribution in [1.82, 2.24) is 20.4 Å². The van der Waals surface area contributed by atoms with Crippen molar-refractivity contribution >= 4 is 6.03 Å². The molecule has 1 unspecified atom stereocenters. The maximum Gasteiger partial charge on any atom is 0.315 e. The lowest BCUT2D eigenvalue weighted by Gasteiger charge is -2.29. The predicted molar refractivity (Wildman–Crippen MR) is 97.3 cm³/mol. The summed E-state index contributed by atoms with van der Waals surface area (Å²) in [5.41, 5.74) is 2.25. The Labute approximate surface area is 153 Å². The Bertz CT molecular complexity index is 703. The third-order valence-electron chi connectivity index (χ3n) is 5.87. The van der Waals surface area contributed by atoms with Crippen molar-refractivity contribution in [3.8, 4) is 0 Å². The highest BCUT2D eigenvalue weighted by Crippen LogP contribution is 2.28. The maximum atomic E-state index is 12.4. The van der Waals surface area contributed by atoms with Gasteiger partial charge in [0.15, 0.2) is 0 Å². The van der Waals surface area contributed by atoms with Crippen LogP contribution >= 0.6 is 0 Å². The SMILES string of the molecule is O=C(NCC1CCCO1)NC1CCC(n2nc3c(cc2=O)CCC3)CC1. The van der Waals surface area contributed by atoms with E-state index >= 15 is 0 Å². The minimum Gasteiger partial charge on any atom is -0.376 e. The molecule has 0 aromatic carbocycles. The van der Waals surface area contributed by atoms with Crippen molar-refractivity contribution < 1.29 is 9.53 Å². The number of ether oxygens (including phenoxy) is 1. The van der Waals surface area contributed by atoms with Gasteiger partial charge < -0.3 is 15.4 Å². The second-order valence-electron chi connectivity index (χ2n) is 7.75. The molecule has 1 aliphatic heterocycles. The molecule has 7 heteroatoms. The molecule has 1 aromatic rings. The molecule has 1 aromatic heterocycles. The average molecular weight is 360 g/mol. The van der Waals surface area contributed by atoms with Crippen molar-refractivity contribution in [2.75, 3.05) is 13.2 Å². The fourth-order valence-electron chi connectivity index (χ4n) is 4.39. The molecule has 3 aliphatic rings. The zero-order valence-corrected chi connectivity index (χ0v) is 15.2. The van der Waals surface area contributed by atoms with E-state index in [9.17, 15) is 9.59 Å². The van der Waals surface area contributed by atoms with Gasteiger partial charge in [-0.05, 0) is 63.4 Å². The summed E-state index contributed by atoms with van der Waals surface area (Å²) in [6.45, 7) is 1.38. The summed E-state index contributed by atoms with van der Waals surface area (Å²) in [5.74, 6) is 0. The minimum atomic E-state index is -0.114. The van der Waals surface area contributed by atoms with Crippen LogP contribution in [0.1, 0.15) is 62.2 Å². The Morgan fingerprint density at radius 1 is 1.19 bits per heavy atom. The topological polar surface area (TPSA) is 85.2 Å². The Balaban J connectivity index is 1.26. The smallest absolute Gasteiger partial charge is 0.315 e. The van der Waals surface area contributed by atoms with E-state index in [0.717, 1.165) is 75.7 Å². The fourth-order valence-corrected chi connectivity index (χ4v) is 4.39. The Morgan fingerprint density at radius 3 is 2.81 bits per heavy atom. The molecule has 0 radical (unpaired) electrons. The second kappa shape index (κ2) is 7.78. The molecule has 0 bridgehead atoms. The lowest BCUT2D eigenvalue weighted by Crippen LogP contribution is -2.46. The van der Waals surface area contributed by atoms with Crippen LogP contribution in [0.25, 0.3) is 0 Å². The molecule has 1 saturated heterocycles. The number of carbonyl (C=O) groups excluding carboxylic acids is 1. The molecule has 1 atom stereocenters. The van der Waals surface area contributed by atoms with Gasteiger partial charge >= 0.3 is 6.03 Å². The standard InChI is InChI=1S/C19H28N4O3/c24-18-11-13-3-1-5-17(13)22-23(18)15-8-6-14(7-9-15)21-19(25)20-12-16-4-2-10-26-16/h11,14-16H,1-10,12H2,(H2,20,21,25). The van der Waals surface area contributed by atoms with Crippen LogP contribution in [0.3, 0.4) is 0 Å². The molecule has 142 valence electrons. The summed E-state index contributed by atoms with van der Waals surface area (Å²) < 4.78 is 7.21. The molecule has 26 heavy (non-hydrogen) atoms. The summed E-state index contributed by atoms with van der Waals surface area (Å²) in [4.78, 5) is 24.4. The van der Waals surface area contributed by atoms with Crippen LogP contribution in [-0.4, -0.2) is 41.1 Å². The molecule has 2 N–H and O–H groups in total. The fraction of sp³-hybridized carbons (Fsp3) is 0.737. The number of hydrogen-bond acceptors (Lipinski definition) is 4. The van der Waals surface area contributed by atoms with Gasteiger partial charge in [-0.1, -0.05) is 0 Å². The van der Waals surface area contributed by atoms with E-state index in [0.29, 0.717) is 6.54 Å². The molecule has 2 heterocycles. The zero-order chi connectivity index (χ0) is 17.9. The quantitative estimate of drug-likeness (QED) is 0.856. The summed E-state index contributed by atoms with van der Waals surface area (Å²) >= 11 is 0. The monoisotopic (exact) mass is 360 g/mol. The number of nitrogens with zero attached hydrogens (tertiary/aromatic N) is 2. The van der Waals surface area contributed by atoms with Crippen LogP contribution in [0.4, 0.5) is 4.79 Å². The van der Waals surface area contributed by atoms with Crippen molar-refractivity contribution in [3.63, 3.8) is 0 Å². The number of rotatable bonds is 4. The number of aromatic nitrogens is 2. The Morgan fingerprint density at radius 2 is 2.04 bits per heavy atom. The number of carbonyl (C=O) groups is 1. The van der Waals surface area contributed by atoms with Gasteiger partial charge in [0, 0.05) is 25.3 Å². The van der Waals surface area contributed by atoms with Crippen LogP contribution in [0.2, 0.25) is 0 Å². The molecule has 2 aliphatic carbocycles. The van der Waals surface area contributed by atoms with E-state index in [2.05, 4.69) is 15.7 Å². The van der Waals surface area contributed by atoms with Gasteiger partial charge in [-0.15, -0.1) is 0 Å². The van der Waals surface area contributed by atoms with Crippen molar-refractivity contribution in [2.45, 2.75) is 76.0 Å². The summed E-state index contributed by atoms with van der Waals surface area (Å²) in [6.07, 6.45) is 8.84. The number of amides is 2. The van der Waals surface area contributed by atoms with Crippen molar-refractivity contribution in [2.24, 2.45) is 0 Å². The van der Waals surface area contributed by atoms with E-state index < -0.39 is 0 Å². The largest absolute Gasteiger partial charge is 0.376 e. The van der Waals surface area contributed by atoms with Crippen LogP contribution in [0.5, 0.6) is 0 Å². The van der Waals surface area contributed by atoms with Gasteiger partial charge in [0.05, 0.1) is 17.8 Å². The van der Waals surface area contributed by atoms with E-state index in [4.69, 9.17) is 4.74 Å². The van der Waals surface area contributed by atoms with E-state index in [1.54, 1.807) is 10.7 Å². The van der Waals surface area contributed by atoms with Gasteiger partial charge in [0.2, 0.25) is 0 Å². The van der Waals surface area contributed by atoms with Gasteiger partial charge in [0.1, 0.15) is 0 Å². The summed E-state index contributed by atoms with van der Waals surface area (Å²) in [7, 11) is 0. The third kappa shape index (κ3) is 3.92. The van der Waals surface area contributed by atoms with Crippen LogP contribution in [0.15, 0.2) is 10.9 Å². The van der Waals surface area contributed by atoms with E-state index in [1.807, 2.05) is 0 Å². The highest BCUT2D eigenvalue weighted by Gasteiger charge is 2.26. The second-order valence-corrected chi connectivity index (χ2v) is 7.75. The number of aryl methyl sites for hydroxylation is 2. The van der Waals surface area contributed by atoms with Crippen molar-refractivity contribution in [3.05, 3.63) is 27.7 Å². The Hall–Kier alpha value is -1.89. The zero-order valence-electron chi connectivity index (χ0n) is 15.2. The number of nitrogens with one attached hydrogen (secondary N) is 2. The maximum absolute atomic E-state index is 12.4. The summed E-state index contributed by atoms with van der Waals surface area (Å²) in [6, 6.07) is 1.98. The van der Waals surface area contributed by atoms with Gasteiger partial charge in [-0.3, -0.25) is 4.79 Å². The minimum absolute atomic E-state index is 0.0244. The molecular formula is C19H28N4O3. The average Bonchev–Trinajstić information content (AvgIpc) is 3.31. The van der Waals surface area contributed by atoms with Gasteiger partial charge in [-0.25, -0.2) is 9.48 Å². The van der Waals surface area contributed by atoms with Crippen LogP contribution < -0.4 is 16.2 Å². The van der Waals surface area contributed by atoms with Crippen LogP contribution in [0, 0.1) is 0 Å². The molecular weight excluding hydrogens is 332 g/mol. The first-order chi connectivity index (χ1) is 12.7. The van der Waals surface area contributed by atoms with Gasteiger partial charge in [0.25, 0.3) is 5.56 Å².